The molecule has 0 aliphatic heterocycles. The number of aromatic nitrogens is 1. The van der Waals surface area contributed by atoms with E-state index in [2.05, 4.69) is 10.3 Å². The topological polar surface area (TPSA) is 59.1 Å². The van der Waals surface area contributed by atoms with Crippen LogP contribution in [0.5, 0.6) is 0 Å². The summed E-state index contributed by atoms with van der Waals surface area (Å²) >= 11 is 0. The number of rotatable bonds is 3. The fourth-order valence-electron chi connectivity index (χ4n) is 1.59. The van der Waals surface area contributed by atoms with Gasteiger partial charge in [0.2, 0.25) is 0 Å². The summed E-state index contributed by atoms with van der Waals surface area (Å²) in [4.78, 5) is 16.8. The van der Waals surface area contributed by atoms with Crippen LogP contribution < -0.4 is 5.32 Å². The van der Waals surface area contributed by atoms with Crippen LogP contribution in [0.3, 0.4) is 0 Å². The van der Waals surface area contributed by atoms with Crippen LogP contribution in [0.2, 0.25) is 0 Å². The highest BCUT2D eigenvalue weighted by Crippen LogP contribution is 2.12. The van der Waals surface area contributed by atoms with Crippen LogP contribution in [-0.2, 0) is 10.8 Å². The van der Waals surface area contributed by atoms with Gasteiger partial charge in [0.05, 0.1) is 0 Å². The zero-order valence-electron chi connectivity index (χ0n) is 10.7. The Hall–Kier alpha value is -2.01. The molecular formula is C14H14N2O2S. The Labute approximate surface area is 114 Å². The summed E-state index contributed by atoms with van der Waals surface area (Å²) in [5, 5.41) is 2.75. The molecule has 5 heteroatoms. The molecule has 0 bridgehead atoms. The van der Waals surface area contributed by atoms with Crippen LogP contribution >= 0.6 is 0 Å². The molecule has 0 aliphatic carbocycles. The zero-order chi connectivity index (χ0) is 13.8. The summed E-state index contributed by atoms with van der Waals surface area (Å²) in [6.07, 6.45) is 3.23. The van der Waals surface area contributed by atoms with E-state index in [1.54, 1.807) is 36.7 Å². The predicted octanol–water partition coefficient (Wildman–Crippen LogP) is 2.38. The Kier molecular flexibility index (Phi) is 4.06. The van der Waals surface area contributed by atoms with E-state index in [0.717, 1.165) is 5.56 Å². The predicted molar refractivity (Wildman–Crippen MR) is 75.7 cm³/mol. The van der Waals surface area contributed by atoms with Crippen molar-refractivity contribution in [1.29, 1.82) is 0 Å². The van der Waals surface area contributed by atoms with Crippen LogP contribution in [-0.4, -0.2) is 21.4 Å². The van der Waals surface area contributed by atoms with Gasteiger partial charge in [0, 0.05) is 33.7 Å². The summed E-state index contributed by atoms with van der Waals surface area (Å²) in [6.45, 7) is 1.88. The molecule has 0 saturated heterocycles. The second-order valence-corrected chi connectivity index (χ2v) is 5.48. The van der Waals surface area contributed by atoms with E-state index >= 15 is 0 Å². The zero-order valence-corrected chi connectivity index (χ0v) is 11.5. The summed E-state index contributed by atoms with van der Waals surface area (Å²) < 4.78 is 11.3. The second kappa shape index (κ2) is 5.75. The maximum absolute atomic E-state index is 12.0. The lowest BCUT2D eigenvalue weighted by molar-refractivity contribution is 0.102. The fraction of sp³-hybridized carbons (Fsp3) is 0.143. The molecule has 1 aromatic heterocycles. The van der Waals surface area contributed by atoms with Crippen LogP contribution in [0, 0.1) is 6.92 Å². The first-order valence-corrected chi connectivity index (χ1v) is 7.30. The monoisotopic (exact) mass is 274 g/mol. The molecule has 1 heterocycles. The Morgan fingerprint density at radius 2 is 1.89 bits per heavy atom. The smallest absolute Gasteiger partial charge is 0.256 e. The van der Waals surface area contributed by atoms with Crippen molar-refractivity contribution in [2.24, 2.45) is 0 Å². The number of hydrogen-bond donors (Lipinski definition) is 1. The third-order valence-electron chi connectivity index (χ3n) is 2.69. The van der Waals surface area contributed by atoms with Gasteiger partial charge in [-0.3, -0.25) is 9.00 Å². The highest BCUT2D eigenvalue weighted by atomic mass is 32.2. The summed E-state index contributed by atoms with van der Waals surface area (Å²) in [5.41, 5.74) is 1.42. The average Bonchev–Trinajstić information content (AvgIpc) is 2.41. The molecule has 1 unspecified atom stereocenters. The SMILES string of the molecule is Cc1cccnc1NC(=O)c1ccc(S(C)=O)cc1. The lowest BCUT2D eigenvalue weighted by Crippen LogP contribution is -2.13. The van der Waals surface area contributed by atoms with Crippen molar-refractivity contribution < 1.29 is 9.00 Å². The van der Waals surface area contributed by atoms with E-state index in [4.69, 9.17) is 0 Å². The van der Waals surface area contributed by atoms with E-state index in [0.29, 0.717) is 16.3 Å². The van der Waals surface area contributed by atoms with Crippen molar-refractivity contribution in [3.63, 3.8) is 0 Å². The third-order valence-corrected chi connectivity index (χ3v) is 3.63. The molecule has 1 atom stereocenters. The Balaban J connectivity index is 2.16. The number of anilines is 1. The molecule has 2 aromatic rings. The van der Waals surface area contributed by atoms with Crippen LogP contribution in [0.4, 0.5) is 5.82 Å². The number of amides is 1. The lowest BCUT2D eigenvalue weighted by Gasteiger charge is -2.07. The van der Waals surface area contributed by atoms with E-state index in [1.807, 2.05) is 19.1 Å². The molecule has 0 radical (unpaired) electrons. The normalized spacial score (nSPS) is 11.9. The van der Waals surface area contributed by atoms with Gasteiger partial charge in [-0.2, -0.15) is 0 Å². The third kappa shape index (κ3) is 3.26. The minimum atomic E-state index is -1.04. The highest BCUT2D eigenvalue weighted by molar-refractivity contribution is 7.84. The van der Waals surface area contributed by atoms with Gasteiger partial charge in [0.15, 0.2) is 0 Å². The number of hydrogen-bond acceptors (Lipinski definition) is 3. The van der Waals surface area contributed by atoms with E-state index < -0.39 is 10.8 Å². The number of nitrogens with zero attached hydrogens (tertiary/aromatic N) is 1. The standard InChI is InChI=1S/C14H14N2O2S/c1-10-4-3-9-15-13(10)16-14(17)11-5-7-12(8-6-11)19(2)18/h3-9H,1-2H3,(H,15,16,17). The largest absolute Gasteiger partial charge is 0.306 e. The maximum Gasteiger partial charge on any atom is 0.256 e. The summed E-state index contributed by atoms with van der Waals surface area (Å²) in [7, 11) is -1.04. The molecular weight excluding hydrogens is 260 g/mol. The molecule has 4 nitrogen and oxygen atoms in total. The van der Waals surface area contributed by atoms with Crippen LogP contribution in [0.25, 0.3) is 0 Å². The Morgan fingerprint density at radius 1 is 1.21 bits per heavy atom. The van der Waals surface area contributed by atoms with Crippen molar-refractivity contribution in [3.8, 4) is 0 Å². The number of benzene rings is 1. The van der Waals surface area contributed by atoms with Gasteiger partial charge < -0.3 is 5.32 Å². The first-order chi connectivity index (χ1) is 9.08. The number of aryl methyl sites for hydroxylation is 1. The van der Waals surface area contributed by atoms with Crippen LogP contribution in [0.1, 0.15) is 15.9 Å². The molecule has 1 N–H and O–H groups in total. The molecule has 0 fully saturated rings. The number of pyridine rings is 1. The van der Waals surface area contributed by atoms with Gasteiger partial charge in [-0.05, 0) is 42.8 Å². The maximum atomic E-state index is 12.0. The van der Waals surface area contributed by atoms with Crippen molar-refractivity contribution >= 4 is 22.5 Å². The lowest BCUT2D eigenvalue weighted by atomic mass is 10.2. The first kappa shape index (κ1) is 13.4. The summed E-state index contributed by atoms with van der Waals surface area (Å²) in [6, 6.07) is 10.4. The number of nitrogens with one attached hydrogen (secondary N) is 1. The van der Waals surface area contributed by atoms with Crippen molar-refractivity contribution in [2.45, 2.75) is 11.8 Å². The van der Waals surface area contributed by atoms with E-state index in [1.165, 1.54) is 0 Å². The molecule has 0 spiro atoms. The molecule has 1 amide bonds. The highest BCUT2D eigenvalue weighted by Gasteiger charge is 2.08. The molecule has 2 rings (SSSR count). The molecule has 98 valence electrons. The van der Waals surface area contributed by atoms with Gasteiger partial charge in [-0.25, -0.2) is 4.98 Å². The van der Waals surface area contributed by atoms with Gasteiger partial charge in [0.25, 0.3) is 5.91 Å². The Morgan fingerprint density at radius 3 is 2.47 bits per heavy atom. The second-order valence-electron chi connectivity index (χ2n) is 4.10. The van der Waals surface area contributed by atoms with E-state index in [-0.39, 0.29) is 5.91 Å². The fourth-order valence-corrected chi connectivity index (χ4v) is 2.11. The van der Waals surface area contributed by atoms with E-state index in [9.17, 15) is 9.00 Å². The quantitative estimate of drug-likeness (QED) is 0.934. The molecule has 0 aliphatic rings. The van der Waals surface area contributed by atoms with Gasteiger partial charge in [-0.1, -0.05) is 6.07 Å². The molecule has 1 aromatic carbocycles. The van der Waals surface area contributed by atoms with Crippen molar-refractivity contribution in [1.82, 2.24) is 4.98 Å². The first-order valence-electron chi connectivity index (χ1n) is 5.74. The Bertz CT molecular complexity index is 624. The minimum Gasteiger partial charge on any atom is -0.306 e. The summed E-state index contributed by atoms with van der Waals surface area (Å²) in [5.74, 6) is 0.325. The molecule has 0 saturated carbocycles. The van der Waals surface area contributed by atoms with Crippen molar-refractivity contribution in [2.75, 3.05) is 11.6 Å². The van der Waals surface area contributed by atoms with Gasteiger partial charge in [0.1, 0.15) is 5.82 Å². The number of carbonyl (C=O) groups is 1. The molecule has 19 heavy (non-hydrogen) atoms. The van der Waals surface area contributed by atoms with Crippen LogP contribution in [0.15, 0.2) is 47.5 Å². The van der Waals surface area contributed by atoms with Gasteiger partial charge >= 0.3 is 0 Å². The van der Waals surface area contributed by atoms with Crippen molar-refractivity contribution in [3.05, 3.63) is 53.7 Å². The van der Waals surface area contributed by atoms with Gasteiger partial charge in [-0.15, -0.1) is 0 Å². The minimum absolute atomic E-state index is 0.227. The number of carbonyl (C=O) groups excluding carboxylic acids is 1. The average molecular weight is 274 g/mol.